The molecule has 0 bridgehead atoms. The maximum absolute atomic E-state index is 12.7. The number of unbranched alkanes of at least 4 members (excludes halogenated alkanes) is 26. The van der Waals surface area contributed by atoms with Crippen molar-refractivity contribution in [2.24, 2.45) is 5.73 Å². The van der Waals surface area contributed by atoms with Gasteiger partial charge in [0.25, 0.3) is 0 Å². The summed E-state index contributed by atoms with van der Waals surface area (Å²) >= 11 is 0. The zero-order valence-electron chi connectivity index (χ0n) is 43.1. The zero-order chi connectivity index (χ0) is 48.8. The van der Waals surface area contributed by atoms with Gasteiger partial charge in [0.15, 0.2) is 6.10 Å². The van der Waals surface area contributed by atoms with Crippen molar-refractivity contribution < 1.29 is 37.6 Å². The summed E-state index contributed by atoms with van der Waals surface area (Å²) in [7, 11) is -4.39. The average molecular weight is 960 g/mol. The Bertz CT molecular complexity index is 1320. The molecule has 0 amide bonds. The van der Waals surface area contributed by atoms with E-state index in [4.69, 9.17) is 24.3 Å². The summed E-state index contributed by atoms with van der Waals surface area (Å²) in [5.74, 6) is -0.831. The number of hydrogen-bond donors (Lipinski definition) is 2. The number of phosphoric acid groups is 1. The van der Waals surface area contributed by atoms with Gasteiger partial charge >= 0.3 is 19.8 Å². The minimum Gasteiger partial charge on any atom is -0.462 e. The van der Waals surface area contributed by atoms with Crippen LogP contribution in [0.4, 0.5) is 0 Å². The molecule has 9 nitrogen and oxygen atoms in total. The van der Waals surface area contributed by atoms with Gasteiger partial charge in [-0.2, -0.15) is 0 Å². The van der Waals surface area contributed by atoms with Crippen molar-refractivity contribution in [2.75, 3.05) is 26.4 Å². The summed E-state index contributed by atoms with van der Waals surface area (Å²) in [5, 5.41) is 0. The summed E-state index contributed by atoms with van der Waals surface area (Å²) in [6, 6.07) is 0. The number of esters is 2. The fourth-order valence-electron chi connectivity index (χ4n) is 7.54. The third-order valence-electron chi connectivity index (χ3n) is 11.6. The SMILES string of the molecule is CC/C=C\C/C=C\C/C=C\C/C=C\C/C=C\CCCCCCCCCCCCCCCC(=O)OC(COC(=O)CCCCCCCCC/C=C\CCCCCCCC)COP(=O)(O)OCCN. The summed E-state index contributed by atoms with van der Waals surface area (Å²) in [6.07, 6.45) is 66.6. The van der Waals surface area contributed by atoms with Crippen LogP contribution in [0.2, 0.25) is 0 Å². The Hall–Kier alpha value is -2.55. The number of nitrogens with two attached hydrogens (primary N) is 1. The predicted octanol–water partition coefficient (Wildman–Crippen LogP) is 17.0. The fraction of sp³-hybridized carbons (Fsp3) is 0.754. The van der Waals surface area contributed by atoms with E-state index >= 15 is 0 Å². The lowest BCUT2D eigenvalue weighted by Gasteiger charge is -2.19. The van der Waals surface area contributed by atoms with Crippen LogP contribution in [0, 0.1) is 0 Å². The van der Waals surface area contributed by atoms with E-state index in [1.165, 1.54) is 128 Å². The Morgan fingerprint density at radius 2 is 0.821 bits per heavy atom. The summed E-state index contributed by atoms with van der Waals surface area (Å²) in [5.41, 5.74) is 5.37. The molecule has 10 heteroatoms. The third kappa shape index (κ3) is 52.7. The minimum absolute atomic E-state index is 0.0508. The van der Waals surface area contributed by atoms with Crippen molar-refractivity contribution in [2.45, 2.75) is 251 Å². The van der Waals surface area contributed by atoms with Crippen molar-refractivity contribution in [1.29, 1.82) is 0 Å². The van der Waals surface area contributed by atoms with E-state index in [2.05, 4.69) is 86.8 Å². The minimum atomic E-state index is -4.39. The first-order valence-electron chi connectivity index (χ1n) is 27.4. The maximum atomic E-state index is 12.7. The second-order valence-electron chi connectivity index (χ2n) is 18.1. The van der Waals surface area contributed by atoms with Crippen molar-refractivity contribution in [3.8, 4) is 0 Å². The molecule has 2 unspecified atom stereocenters. The van der Waals surface area contributed by atoms with Crippen molar-refractivity contribution in [1.82, 2.24) is 0 Å². The van der Waals surface area contributed by atoms with E-state index in [0.29, 0.717) is 6.42 Å². The first-order chi connectivity index (χ1) is 32.8. The van der Waals surface area contributed by atoms with Gasteiger partial charge in [0.1, 0.15) is 6.61 Å². The molecule has 0 aromatic heterocycles. The Balaban J connectivity index is 3.99. The van der Waals surface area contributed by atoms with E-state index in [-0.39, 0.29) is 38.6 Å². The summed E-state index contributed by atoms with van der Waals surface area (Å²) in [4.78, 5) is 35.1. The number of rotatable bonds is 51. The molecule has 0 saturated carbocycles. The van der Waals surface area contributed by atoms with E-state index in [1.807, 2.05) is 0 Å². The first kappa shape index (κ1) is 64.5. The molecule has 0 saturated heterocycles. The van der Waals surface area contributed by atoms with Crippen molar-refractivity contribution >= 4 is 19.8 Å². The highest BCUT2D eigenvalue weighted by atomic mass is 31.2. The highest BCUT2D eigenvalue weighted by molar-refractivity contribution is 7.47. The number of allylic oxidation sites excluding steroid dienone is 12. The largest absolute Gasteiger partial charge is 0.472 e. The lowest BCUT2D eigenvalue weighted by atomic mass is 10.0. The molecular weight excluding hydrogens is 858 g/mol. The normalized spacial score (nSPS) is 13.7. The molecule has 0 aromatic carbocycles. The van der Waals surface area contributed by atoms with Crippen LogP contribution in [-0.4, -0.2) is 49.3 Å². The molecule has 3 N–H and O–H groups in total. The van der Waals surface area contributed by atoms with Gasteiger partial charge in [0.05, 0.1) is 13.2 Å². The Labute approximate surface area is 411 Å². The molecule has 388 valence electrons. The van der Waals surface area contributed by atoms with Crippen LogP contribution in [0.1, 0.15) is 245 Å². The molecule has 0 aromatic rings. The Kier molecular flexibility index (Phi) is 50.8. The van der Waals surface area contributed by atoms with Crippen LogP contribution in [-0.2, 0) is 32.7 Å². The van der Waals surface area contributed by atoms with E-state index in [1.54, 1.807) is 0 Å². The van der Waals surface area contributed by atoms with Crippen LogP contribution >= 0.6 is 7.82 Å². The number of carbonyl (C=O) groups excluding carboxylic acids is 2. The van der Waals surface area contributed by atoms with Crippen LogP contribution in [0.15, 0.2) is 72.9 Å². The van der Waals surface area contributed by atoms with Gasteiger partial charge in [0.2, 0.25) is 0 Å². The molecule has 2 atom stereocenters. The molecule has 67 heavy (non-hydrogen) atoms. The fourth-order valence-corrected chi connectivity index (χ4v) is 8.31. The highest BCUT2D eigenvalue weighted by Crippen LogP contribution is 2.43. The second-order valence-corrected chi connectivity index (χ2v) is 19.5. The van der Waals surface area contributed by atoms with Crippen LogP contribution in [0.3, 0.4) is 0 Å². The lowest BCUT2D eigenvalue weighted by Crippen LogP contribution is -2.29. The van der Waals surface area contributed by atoms with Gasteiger partial charge in [-0.05, 0) is 83.5 Å². The monoisotopic (exact) mass is 960 g/mol. The summed E-state index contributed by atoms with van der Waals surface area (Å²) in [6.45, 7) is 3.63. The van der Waals surface area contributed by atoms with Gasteiger partial charge in [-0.1, -0.05) is 222 Å². The molecule has 0 radical (unpaired) electrons. The Morgan fingerprint density at radius 3 is 1.24 bits per heavy atom. The van der Waals surface area contributed by atoms with Crippen molar-refractivity contribution in [3.05, 3.63) is 72.9 Å². The number of phosphoric ester groups is 1. The van der Waals surface area contributed by atoms with Gasteiger partial charge in [0, 0.05) is 19.4 Å². The van der Waals surface area contributed by atoms with E-state index in [0.717, 1.165) is 83.5 Å². The van der Waals surface area contributed by atoms with Gasteiger partial charge in [-0.15, -0.1) is 0 Å². The molecule has 0 aliphatic rings. The third-order valence-corrected chi connectivity index (χ3v) is 12.6. The van der Waals surface area contributed by atoms with E-state index in [9.17, 15) is 19.0 Å². The number of hydrogen-bond acceptors (Lipinski definition) is 8. The molecule has 0 fully saturated rings. The molecule has 0 rings (SSSR count). The average Bonchev–Trinajstić information content (AvgIpc) is 3.32. The van der Waals surface area contributed by atoms with E-state index < -0.39 is 26.5 Å². The van der Waals surface area contributed by atoms with Crippen LogP contribution in [0.5, 0.6) is 0 Å². The molecule has 0 aliphatic heterocycles. The maximum Gasteiger partial charge on any atom is 0.472 e. The molecular formula is C57H102NO8P. The molecule has 0 heterocycles. The molecule has 0 aliphatic carbocycles. The summed E-state index contributed by atoms with van der Waals surface area (Å²) < 4.78 is 33.0. The predicted molar refractivity (Wildman–Crippen MR) is 284 cm³/mol. The Morgan fingerprint density at radius 1 is 0.463 bits per heavy atom. The van der Waals surface area contributed by atoms with Crippen LogP contribution < -0.4 is 5.73 Å². The lowest BCUT2D eigenvalue weighted by molar-refractivity contribution is -0.161. The van der Waals surface area contributed by atoms with Crippen molar-refractivity contribution in [3.63, 3.8) is 0 Å². The quantitative estimate of drug-likeness (QED) is 0.0264. The molecule has 0 spiro atoms. The smallest absolute Gasteiger partial charge is 0.462 e. The standard InChI is InChI=1S/C57H102NO8P/c1-3-5-7-9-11-13-15-17-19-21-22-23-24-25-26-27-28-29-30-31-32-34-36-38-40-42-44-46-48-50-57(60)66-55(54-65-67(61,62)64-52-51-58)53-63-56(59)49-47-45-43-41-39-37-35-33-20-18-16-14-12-10-8-6-4-2/h5,7,11,13,17-20,22-23,25-26,55H,3-4,6,8-10,12,14-16,21,24,27-54,58H2,1-2H3,(H,61,62)/b7-5-,13-11-,19-17-,20-18-,23-22-,26-25-. The van der Waals surface area contributed by atoms with Crippen LogP contribution in [0.25, 0.3) is 0 Å². The highest BCUT2D eigenvalue weighted by Gasteiger charge is 2.26. The first-order valence-corrected chi connectivity index (χ1v) is 28.9. The zero-order valence-corrected chi connectivity index (χ0v) is 44.0. The number of carbonyl (C=O) groups is 2. The number of ether oxygens (including phenoxy) is 2. The van der Waals surface area contributed by atoms with Gasteiger partial charge < -0.3 is 20.1 Å². The van der Waals surface area contributed by atoms with Gasteiger partial charge in [-0.3, -0.25) is 18.6 Å². The topological polar surface area (TPSA) is 134 Å². The van der Waals surface area contributed by atoms with Gasteiger partial charge in [-0.25, -0.2) is 4.57 Å². The second kappa shape index (κ2) is 52.8.